The second-order valence-electron chi connectivity index (χ2n) is 10.2. The van der Waals surface area contributed by atoms with Crippen LogP contribution >= 0.6 is 11.8 Å². The van der Waals surface area contributed by atoms with Crippen LogP contribution in [0.1, 0.15) is 11.3 Å². The molecule has 6 rings (SSSR count). The Morgan fingerprint density at radius 3 is 2.25 bits per heavy atom. The minimum absolute atomic E-state index is 0.156. The number of thioether (sulfide) groups is 1. The first-order valence-electron chi connectivity index (χ1n) is 13.0. The van der Waals surface area contributed by atoms with Crippen molar-refractivity contribution < 1.29 is 18.0 Å². The zero-order valence-electron chi connectivity index (χ0n) is 21.8. The standard InChI is InChI=1S/C28H28N6O4S2/c1-32(14-19-8-4-2-5-9-19)25-13-22(12-24-26(35)31-28(36)39-24)29-27(30-25)33-15-20-17-34(18-21(20)16-33)40(37,38)23-10-6-3-7-11-23/h2-13,20-21H,14-18H2,1H3,(H,31,35,36). The lowest BCUT2D eigenvalue weighted by atomic mass is 10.0. The fraction of sp³-hybridized carbons (Fsp3) is 0.286. The molecule has 0 radical (unpaired) electrons. The third kappa shape index (κ3) is 5.34. The van der Waals surface area contributed by atoms with Gasteiger partial charge >= 0.3 is 0 Å². The zero-order valence-corrected chi connectivity index (χ0v) is 23.4. The maximum absolute atomic E-state index is 13.2. The summed E-state index contributed by atoms with van der Waals surface area (Å²) in [5.74, 6) is 1.07. The Morgan fingerprint density at radius 1 is 0.975 bits per heavy atom. The van der Waals surface area contributed by atoms with Crippen LogP contribution in [-0.4, -0.2) is 67.1 Å². The second kappa shape index (κ2) is 10.7. The van der Waals surface area contributed by atoms with Gasteiger partial charge in [-0.05, 0) is 47.4 Å². The molecule has 2 unspecified atom stereocenters. The number of carbonyl (C=O) groups is 2. The van der Waals surface area contributed by atoms with E-state index in [-0.39, 0.29) is 16.7 Å². The molecule has 0 aliphatic carbocycles. The van der Waals surface area contributed by atoms with E-state index in [0.29, 0.717) is 55.1 Å². The highest BCUT2D eigenvalue weighted by Gasteiger charge is 2.45. The Bertz CT molecular complexity index is 1570. The average molecular weight is 577 g/mol. The molecule has 206 valence electrons. The number of anilines is 2. The van der Waals surface area contributed by atoms with E-state index in [2.05, 4.69) is 10.2 Å². The number of fused-ring (bicyclic) bond motifs is 1. The number of nitrogens with zero attached hydrogens (tertiary/aromatic N) is 5. The minimum Gasteiger partial charge on any atom is -0.355 e. The maximum Gasteiger partial charge on any atom is 0.290 e. The molecule has 3 saturated heterocycles. The first-order valence-corrected chi connectivity index (χ1v) is 15.2. The molecule has 1 N–H and O–H groups in total. The van der Waals surface area contributed by atoms with Gasteiger partial charge < -0.3 is 9.80 Å². The summed E-state index contributed by atoms with van der Waals surface area (Å²) in [5.41, 5.74) is 1.65. The maximum atomic E-state index is 13.2. The molecule has 12 heteroatoms. The molecule has 1 aromatic heterocycles. The van der Waals surface area contributed by atoms with Crippen LogP contribution in [0.25, 0.3) is 6.08 Å². The molecule has 40 heavy (non-hydrogen) atoms. The van der Waals surface area contributed by atoms with Crippen LogP contribution < -0.4 is 15.1 Å². The normalized spacial score (nSPS) is 22.1. The van der Waals surface area contributed by atoms with Gasteiger partial charge in [-0.2, -0.15) is 9.29 Å². The first-order chi connectivity index (χ1) is 19.3. The fourth-order valence-corrected chi connectivity index (χ4v) is 7.64. The van der Waals surface area contributed by atoms with Gasteiger partial charge in [0.1, 0.15) is 5.82 Å². The number of carbonyl (C=O) groups excluding carboxylic acids is 2. The van der Waals surface area contributed by atoms with E-state index in [4.69, 9.17) is 9.97 Å². The lowest BCUT2D eigenvalue weighted by Crippen LogP contribution is -2.34. The molecule has 0 spiro atoms. The second-order valence-corrected chi connectivity index (χ2v) is 13.2. The number of imide groups is 1. The number of hydrogen-bond donors (Lipinski definition) is 1. The van der Waals surface area contributed by atoms with E-state index in [0.717, 1.165) is 17.3 Å². The summed E-state index contributed by atoms with van der Waals surface area (Å²) in [6.45, 7) is 2.77. The molecule has 3 aliphatic rings. The lowest BCUT2D eigenvalue weighted by molar-refractivity contribution is -0.115. The van der Waals surface area contributed by atoms with Gasteiger partial charge in [0.25, 0.3) is 11.1 Å². The highest BCUT2D eigenvalue weighted by Crippen LogP contribution is 2.36. The van der Waals surface area contributed by atoms with Gasteiger partial charge in [0.2, 0.25) is 16.0 Å². The minimum atomic E-state index is -3.54. The SMILES string of the molecule is CN(Cc1ccccc1)c1cc(C=C2SC(=O)NC2=O)nc(N2CC3CN(S(=O)(=O)c4ccccc4)CC3C2)n1. The van der Waals surface area contributed by atoms with Gasteiger partial charge in [-0.3, -0.25) is 14.9 Å². The van der Waals surface area contributed by atoms with Gasteiger partial charge in [-0.25, -0.2) is 13.4 Å². The van der Waals surface area contributed by atoms with Gasteiger partial charge in [0.15, 0.2) is 0 Å². The van der Waals surface area contributed by atoms with Crippen molar-refractivity contribution in [3.63, 3.8) is 0 Å². The van der Waals surface area contributed by atoms with Crippen LogP contribution in [0.4, 0.5) is 16.6 Å². The summed E-state index contributed by atoms with van der Waals surface area (Å²) < 4.78 is 27.9. The summed E-state index contributed by atoms with van der Waals surface area (Å²) >= 11 is 0.849. The van der Waals surface area contributed by atoms with Crippen LogP contribution in [-0.2, 0) is 21.4 Å². The number of rotatable bonds is 7. The van der Waals surface area contributed by atoms with Crippen LogP contribution in [0, 0.1) is 11.8 Å². The van der Waals surface area contributed by atoms with Crippen LogP contribution in [0.2, 0.25) is 0 Å². The molecular weight excluding hydrogens is 548 g/mol. The Hall–Kier alpha value is -3.74. The Balaban J connectivity index is 1.25. The Labute approximate surface area is 237 Å². The number of amides is 2. The van der Waals surface area contributed by atoms with Crippen molar-refractivity contribution in [2.75, 3.05) is 43.0 Å². The molecule has 2 atom stereocenters. The highest BCUT2D eigenvalue weighted by molar-refractivity contribution is 8.18. The largest absolute Gasteiger partial charge is 0.355 e. The summed E-state index contributed by atoms with van der Waals surface area (Å²) in [6, 6.07) is 20.4. The monoisotopic (exact) mass is 576 g/mol. The van der Waals surface area contributed by atoms with E-state index in [9.17, 15) is 18.0 Å². The predicted molar refractivity (Wildman–Crippen MR) is 154 cm³/mol. The van der Waals surface area contributed by atoms with Crippen molar-refractivity contribution in [2.45, 2.75) is 11.4 Å². The number of nitrogens with one attached hydrogen (secondary N) is 1. The Morgan fingerprint density at radius 2 is 1.62 bits per heavy atom. The van der Waals surface area contributed by atoms with Gasteiger partial charge in [-0.1, -0.05) is 48.5 Å². The van der Waals surface area contributed by atoms with Crippen LogP contribution in [0.3, 0.4) is 0 Å². The quantitative estimate of drug-likeness (QED) is 0.424. The molecule has 3 aromatic rings. The van der Waals surface area contributed by atoms with Crippen molar-refractivity contribution in [3.8, 4) is 0 Å². The molecule has 0 bridgehead atoms. The summed E-state index contributed by atoms with van der Waals surface area (Å²) in [5, 5.41) is 1.87. The van der Waals surface area contributed by atoms with Crippen LogP contribution in [0.15, 0.2) is 76.5 Å². The molecular formula is C28H28N6O4S2. The molecule has 3 aliphatic heterocycles. The third-order valence-corrected chi connectivity index (χ3v) is 10.1. The first kappa shape index (κ1) is 26.5. The number of aromatic nitrogens is 2. The molecule has 3 fully saturated rings. The third-order valence-electron chi connectivity index (χ3n) is 7.41. The highest BCUT2D eigenvalue weighted by atomic mass is 32.2. The van der Waals surface area contributed by atoms with Gasteiger partial charge in [0, 0.05) is 45.8 Å². The van der Waals surface area contributed by atoms with E-state index < -0.39 is 21.2 Å². The average Bonchev–Trinajstić information content (AvgIpc) is 3.63. The predicted octanol–water partition coefficient (Wildman–Crippen LogP) is 3.19. The smallest absolute Gasteiger partial charge is 0.290 e. The molecule has 2 aromatic carbocycles. The van der Waals surface area contributed by atoms with Crippen molar-refractivity contribution >= 4 is 50.8 Å². The van der Waals surface area contributed by atoms with Crippen molar-refractivity contribution in [1.29, 1.82) is 0 Å². The Kier molecular flexibility index (Phi) is 7.07. The molecule has 2 amide bonds. The molecule has 4 heterocycles. The molecule has 0 saturated carbocycles. The van der Waals surface area contributed by atoms with Gasteiger partial charge in [-0.15, -0.1) is 0 Å². The lowest BCUT2D eigenvalue weighted by Gasteiger charge is -2.24. The fourth-order valence-electron chi connectivity index (χ4n) is 5.40. The topological polar surface area (TPSA) is 116 Å². The van der Waals surface area contributed by atoms with Crippen molar-refractivity contribution in [3.05, 3.63) is 82.9 Å². The number of sulfonamides is 1. The molecule has 10 nitrogen and oxygen atoms in total. The van der Waals surface area contributed by atoms with E-state index in [1.807, 2.05) is 42.3 Å². The summed E-state index contributed by atoms with van der Waals surface area (Å²) in [6.07, 6.45) is 1.61. The van der Waals surface area contributed by atoms with Crippen molar-refractivity contribution in [2.24, 2.45) is 11.8 Å². The zero-order chi connectivity index (χ0) is 27.9. The van der Waals surface area contributed by atoms with Crippen LogP contribution in [0.5, 0.6) is 0 Å². The van der Waals surface area contributed by atoms with E-state index in [1.165, 1.54) is 0 Å². The summed E-state index contributed by atoms with van der Waals surface area (Å²) in [7, 11) is -1.59. The number of hydrogen-bond acceptors (Lipinski definition) is 9. The van der Waals surface area contributed by atoms with E-state index in [1.54, 1.807) is 46.8 Å². The number of benzene rings is 2. The van der Waals surface area contributed by atoms with Gasteiger partial charge in [0.05, 0.1) is 15.5 Å². The van der Waals surface area contributed by atoms with Crippen molar-refractivity contribution in [1.82, 2.24) is 19.6 Å². The summed E-state index contributed by atoms with van der Waals surface area (Å²) in [4.78, 5) is 38.2. The van der Waals surface area contributed by atoms with E-state index >= 15 is 0 Å².